The molecule has 5 rings (SSSR count). The molecule has 2 heterocycles. The topological polar surface area (TPSA) is 56.9 Å². The van der Waals surface area contributed by atoms with E-state index >= 15 is 0 Å². The summed E-state index contributed by atoms with van der Waals surface area (Å²) in [6, 6.07) is 15.5. The fourth-order valence-electron chi connectivity index (χ4n) is 4.05. The van der Waals surface area contributed by atoms with Crippen LogP contribution in [0.15, 0.2) is 58.1 Å². The lowest BCUT2D eigenvalue weighted by molar-refractivity contribution is 0.708. The molecule has 0 saturated carbocycles. The van der Waals surface area contributed by atoms with Gasteiger partial charge < -0.3 is 0 Å². The Balaban J connectivity index is 2.02. The van der Waals surface area contributed by atoms with E-state index in [4.69, 9.17) is 16.6 Å². The minimum Gasteiger partial charge on any atom is -0.280 e. The zero-order valence-electron chi connectivity index (χ0n) is 15.4. The summed E-state index contributed by atoms with van der Waals surface area (Å²) >= 11 is 6.09. The Labute approximate surface area is 165 Å². The second kappa shape index (κ2) is 5.91. The summed E-state index contributed by atoms with van der Waals surface area (Å²) in [5.41, 5.74) is 5.42. The van der Waals surface area contributed by atoms with Gasteiger partial charge >= 0.3 is 5.69 Å². The minimum atomic E-state index is -0.390. The molecule has 2 aromatic carbocycles. The highest BCUT2D eigenvalue weighted by Gasteiger charge is 2.28. The summed E-state index contributed by atoms with van der Waals surface area (Å²) in [4.78, 5) is 30.4. The van der Waals surface area contributed by atoms with Gasteiger partial charge in [0.15, 0.2) is 5.65 Å². The minimum absolute atomic E-state index is 0.339. The average molecular weight is 390 g/mol. The van der Waals surface area contributed by atoms with Gasteiger partial charge in [-0.15, -0.1) is 0 Å². The van der Waals surface area contributed by atoms with Gasteiger partial charge in [0.2, 0.25) is 0 Å². The van der Waals surface area contributed by atoms with Crippen LogP contribution in [0.25, 0.3) is 33.4 Å². The number of halogens is 1. The highest BCUT2D eigenvalue weighted by Crippen LogP contribution is 2.42. The lowest BCUT2D eigenvalue weighted by Crippen LogP contribution is -2.37. The molecule has 138 valence electrons. The van der Waals surface area contributed by atoms with Gasteiger partial charge in [0, 0.05) is 36.7 Å². The second-order valence-electron chi connectivity index (χ2n) is 7.06. The van der Waals surface area contributed by atoms with Gasteiger partial charge in [-0.25, -0.2) is 9.78 Å². The SMILES string of the molecule is Cn1c(=O)c2c(-c3ccc(Cl)cc3)c3c(nc2n(C)c1=O)-c1ccccc1C3. The highest BCUT2D eigenvalue weighted by molar-refractivity contribution is 6.30. The Morgan fingerprint density at radius 3 is 2.43 bits per heavy atom. The monoisotopic (exact) mass is 389 g/mol. The molecule has 1 aliphatic rings. The van der Waals surface area contributed by atoms with Crippen molar-refractivity contribution in [2.24, 2.45) is 14.1 Å². The number of benzene rings is 2. The van der Waals surface area contributed by atoms with Crippen molar-refractivity contribution >= 4 is 22.6 Å². The molecule has 6 heteroatoms. The number of hydrogen-bond donors (Lipinski definition) is 0. The lowest BCUT2D eigenvalue weighted by Gasteiger charge is -2.15. The van der Waals surface area contributed by atoms with Crippen LogP contribution >= 0.6 is 11.6 Å². The Morgan fingerprint density at radius 2 is 1.68 bits per heavy atom. The van der Waals surface area contributed by atoms with Crippen LogP contribution in [0.1, 0.15) is 11.1 Å². The van der Waals surface area contributed by atoms with Gasteiger partial charge in [0.25, 0.3) is 5.56 Å². The first-order valence-electron chi connectivity index (χ1n) is 8.94. The largest absolute Gasteiger partial charge is 0.332 e. The number of fused-ring (bicyclic) bond motifs is 4. The Bertz CT molecular complexity index is 1400. The van der Waals surface area contributed by atoms with Gasteiger partial charge in [-0.2, -0.15) is 0 Å². The van der Waals surface area contributed by atoms with Crippen LogP contribution in [0, 0.1) is 0 Å². The van der Waals surface area contributed by atoms with E-state index in [1.807, 2.05) is 42.5 Å². The maximum absolute atomic E-state index is 13.1. The average Bonchev–Trinajstić information content (AvgIpc) is 3.08. The molecular weight excluding hydrogens is 374 g/mol. The fraction of sp³-hybridized carbons (Fsp3) is 0.136. The summed E-state index contributed by atoms with van der Waals surface area (Å²) in [5.74, 6) is 0. The molecule has 0 N–H and O–H groups in total. The zero-order valence-corrected chi connectivity index (χ0v) is 16.1. The predicted molar refractivity (Wildman–Crippen MR) is 111 cm³/mol. The van der Waals surface area contributed by atoms with Crippen LogP contribution in [0.2, 0.25) is 5.02 Å². The fourth-order valence-corrected chi connectivity index (χ4v) is 4.18. The molecule has 0 amide bonds. The molecule has 0 unspecified atom stereocenters. The maximum Gasteiger partial charge on any atom is 0.332 e. The number of nitrogens with zero attached hydrogens (tertiary/aromatic N) is 3. The van der Waals surface area contributed by atoms with Gasteiger partial charge in [0.05, 0.1) is 11.1 Å². The van der Waals surface area contributed by atoms with E-state index in [0.717, 1.165) is 38.1 Å². The zero-order chi connectivity index (χ0) is 19.6. The standard InChI is InChI=1S/C22H16ClN3O2/c1-25-20-18(21(27)26(2)22(25)28)17(12-7-9-14(23)10-8-12)16-11-13-5-3-4-6-15(13)19(16)24-20/h3-10H,11H2,1-2H3. The van der Waals surface area contributed by atoms with Crippen LogP contribution < -0.4 is 11.2 Å². The summed E-state index contributed by atoms with van der Waals surface area (Å²) in [7, 11) is 3.15. The van der Waals surface area contributed by atoms with Crippen LogP contribution in [-0.2, 0) is 20.5 Å². The smallest absolute Gasteiger partial charge is 0.280 e. The van der Waals surface area contributed by atoms with E-state index in [1.54, 1.807) is 7.05 Å². The molecule has 0 aliphatic heterocycles. The third kappa shape index (κ3) is 2.23. The molecule has 2 aromatic heterocycles. The van der Waals surface area contributed by atoms with Crippen molar-refractivity contribution in [3.8, 4) is 22.4 Å². The maximum atomic E-state index is 13.1. The Kier molecular flexibility index (Phi) is 3.58. The van der Waals surface area contributed by atoms with E-state index in [-0.39, 0.29) is 5.56 Å². The predicted octanol–water partition coefficient (Wildman–Crippen LogP) is 3.52. The second-order valence-corrected chi connectivity index (χ2v) is 7.50. The van der Waals surface area contributed by atoms with Gasteiger partial charge in [-0.1, -0.05) is 48.0 Å². The summed E-state index contributed by atoms with van der Waals surface area (Å²) in [5, 5.41) is 1.08. The summed E-state index contributed by atoms with van der Waals surface area (Å²) in [6.07, 6.45) is 0.693. The molecule has 0 spiro atoms. The molecule has 28 heavy (non-hydrogen) atoms. The third-order valence-corrected chi connectivity index (χ3v) is 5.71. The normalized spacial score (nSPS) is 12.2. The molecule has 0 saturated heterocycles. The van der Waals surface area contributed by atoms with E-state index in [9.17, 15) is 9.59 Å². The first kappa shape index (κ1) is 17.0. The Hall–Kier alpha value is -3.18. The molecule has 4 aromatic rings. The van der Waals surface area contributed by atoms with Crippen LogP contribution in [-0.4, -0.2) is 14.1 Å². The molecule has 1 aliphatic carbocycles. The van der Waals surface area contributed by atoms with Crippen molar-refractivity contribution in [2.45, 2.75) is 6.42 Å². The van der Waals surface area contributed by atoms with E-state index in [1.165, 1.54) is 11.6 Å². The van der Waals surface area contributed by atoms with Crippen LogP contribution in [0.3, 0.4) is 0 Å². The van der Waals surface area contributed by atoms with Gasteiger partial charge in [0.1, 0.15) is 0 Å². The highest BCUT2D eigenvalue weighted by atomic mass is 35.5. The van der Waals surface area contributed by atoms with Crippen molar-refractivity contribution in [3.63, 3.8) is 0 Å². The summed E-state index contributed by atoms with van der Waals surface area (Å²) in [6.45, 7) is 0. The van der Waals surface area contributed by atoms with Crippen molar-refractivity contribution in [1.82, 2.24) is 14.1 Å². The van der Waals surface area contributed by atoms with Gasteiger partial charge in [-0.05, 0) is 28.8 Å². The van der Waals surface area contributed by atoms with Gasteiger partial charge in [-0.3, -0.25) is 13.9 Å². The van der Waals surface area contributed by atoms with Crippen LogP contribution in [0.4, 0.5) is 0 Å². The van der Waals surface area contributed by atoms with Crippen molar-refractivity contribution in [1.29, 1.82) is 0 Å². The van der Waals surface area contributed by atoms with Crippen LogP contribution in [0.5, 0.6) is 0 Å². The van der Waals surface area contributed by atoms with Crippen molar-refractivity contribution in [2.75, 3.05) is 0 Å². The molecule has 0 bridgehead atoms. The number of aromatic nitrogens is 3. The Morgan fingerprint density at radius 1 is 0.964 bits per heavy atom. The van der Waals surface area contributed by atoms with Crippen molar-refractivity contribution < 1.29 is 0 Å². The molecular formula is C22H16ClN3O2. The van der Waals surface area contributed by atoms with E-state index < -0.39 is 5.69 Å². The molecule has 0 radical (unpaired) electrons. The lowest BCUT2D eigenvalue weighted by atomic mass is 9.95. The summed E-state index contributed by atoms with van der Waals surface area (Å²) < 4.78 is 2.58. The number of rotatable bonds is 1. The third-order valence-electron chi connectivity index (χ3n) is 5.46. The van der Waals surface area contributed by atoms with E-state index in [2.05, 4.69) is 6.07 Å². The molecule has 0 atom stereocenters. The number of pyridine rings is 1. The van der Waals surface area contributed by atoms with E-state index in [0.29, 0.717) is 22.5 Å². The molecule has 5 nitrogen and oxygen atoms in total. The molecule has 0 fully saturated rings. The van der Waals surface area contributed by atoms with Crippen molar-refractivity contribution in [3.05, 3.63) is 85.5 Å². The first-order chi connectivity index (χ1) is 13.5. The first-order valence-corrected chi connectivity index (χ1v) is 9.32. The quantitative estimate of drug-likeness (QED) is 0.440. The number of aryl methyl sites for hydroxylation is 1. The number of hydrogen-bond acceptors (Lipinski definition) is 3.